The third-order valence-electron chi connectivity index (χ3n) is 4.68. The average Bonchev–Trinajstić information content (AvgIpc) is 3.33. The van der Waals surface area contributed by atoms with Gasteiger partial charge in [0, 0.05) is 29.1 Å². The molecule has 0 radical (unpaired) electrons. The first-order valence-electron chi connectivity index (χ1n) is 9.14. The van der Waals surface area contributed by atoms with Gasteiger partial charge in [-0.2, -0.15) is 4.98 Å². The first-order chi connectivity index (χ1) is 14.7. The quantitative estimate of drug-likeness (QED) is 0.635. The Morgan fingerprint density at radius 1 is 1.23 bits per heavy atom. The highest BCUT2D eigenvalue weighted by Crippen LogP contribution is 2.34. The number of aromatic nitrogens is 2. The van der Waals surface area contributed by atoms with Gasteiger partial charge >= 0.3 is 6.36 Å². The zero-order valence-corrected chi connectivity index (χ0v) is 16.5. The van der Waals surface area contributed by atoms with Gasteiger partial charge in [-0.15, -0.1) is 13.2 Å². The normalized spacial score (nSPS) is 18.9. The lowest BCUT2D eigenvalue weighted by Crippen LogP contribution is -2.31. The number of β-amino-alcohol motifs (C(OH)–C–C–N with tert-alkyl or cyclic N) is 1. The van der Waals surface area contributed by atoms with E-state index in [4.69, 9.17) is 16.1 Å². The predicted octanol–water partition coefficient (Wildman–Crippen LogP) is 4.24. The fourth-order valence-electron chi connectivity index (χ4n) is 3.35. The first kappa shape index (κ1) is 21.1. The molecule has 2 atom stereocenters. The number of likely N-dealkylation sites (tertiary alicyclic amines) is 1. The van der Waals surface area contributed by atoms with Gasteiger partial charge in [-0.25, -0.2) is 0 Å². The molecule has 11 heteroatoms. The molecule has 7 nitrogen and oxygen atoms in total. The number of ether oxygens (including phenoxy) is 1. The summed E-state index contributed by atoms with van der Waals surface area (Å²) in [7, 11) is 0. The number of benzene rings is 2. The molecule has 3 aromatic rings. The topological polar surface area (TPSA) is 88.7 Å². The number of halogens is 4. The maximum atomic E-state index is 12.9. The number of hydrogen-bond donors (Lipinski definition) is 1. The monoisotopic (exact) mass is 453 g/mol. The van der Waals surface area contributed by atoms with Crippen molar-refractivity contribution in [3.63, 3.8) is 0 Å². The number of alkyl halides is 3. The molecule has 2 aromatic carbocycles. The first-order valence-corrected chi connectivity index (χ1v) is 9.52. The minimum atomic E-state index is -4.79. The van der Waals surface area contributed by atoms with E-state index in [1.807, 2.05) is 0 Å². The van der Waals surface area contributed by atoms with Gasteiger partial charge in [-0.05, 0) is 42.5 Å². The summed E-state index contributed by atoms with van der Waals surface area (Å²) in [5, 5.41) is 14.4. The number of carbonyl (C=O) groups is 1. The van der Waals surface area contributed by atoms with Crippen LogP contribution in [0, 0.1) is 0 Å². The lowest BCUT2D eigenvalue weighted by atomic mass is 10.1. The van der Waals surface area contributed by atoms with Gasteiger partial charge in [-0.1, -0.05) is 22.8 Å². The van der Waals surface area contributed by atoms with E-state index in [2.05, 4.69) is 14.9 Å². The molecule has 0 aliphatic carbocycles. The van der Waals surface area contributed by atoms with Crippen LogP contribution >= 0.6 is 11.6 Å². The summed E-state index contributed by atoms with van der Waals surface area (Å²) in [6.45, 7) is 0.0806. The molecule has 0 spiro atoms. The van der Waals surface area contributed by atoms with Crippen LogP contribution in [0.4, 0.5) is 13.2 Å². The summed E-state index contributed by atoms with van der Waals surface area (Å²) in [5.41, 5.74) is 0.752. The highest BCUT2D eigenvalue weighted by Gasteiger charge is 2.39. The molecule has 31 heavy (non-hydrogen) atoms. The Labute approximate surface area is 179 Å². The molecular formula is C20H15ClF3N3O4. The molecule has 2 heterocycles. The van der Waals surface area contributed by atoms with Gasteiger partial charge in [0.05, 0.1) is 6.10 Å². The summed E-state index contributed by atoms with van der Waals surface area (Å²) in [6.07, 6.45) is -5.36. The lowest BCUT2D eigenvalue weighted by molar-refractivity contribution is -0.274. The van der Waals surface area contributed by atoms with Crippen LogP contribution in [0.1, 0.15) is 28.7 Å². The van der Waals surface area contributed by atoms with Crippen LogP contribution in [0.15, 0.2) is 53.1 Å². The Balaban J connectivity index is 1.55. The third kappa shape index (κ3) is 4.80. The van der Waals surface area contributed by atoms with Crippen LogP contribution in [0.3, 0.4) is 0 Å². The van der Waals surface area contributed by atoms with Crippen molar-refractivity contribution in [3.05, 3.63) is 65.0 Å². The molecule has 1 fully saturated rings. The van der Waals surface area contributed by atoms with Crippen molar-refractivity contribution >= 4 is 17.5 Å². The molecule has 162 valence electrons. The van der Waals surface area contributed by atoms with Crippen molar-refractivity contribution in [3.8, 4) is 17.1 Å². The zero-order valence-electron chi connectivity index (χ0n) is 15.7. The highest BCUT2D eigenvalue weighted by atomic mass is 35.5. The van der Waals surface area contributed by atoms with Gasteiger partial charge in [0.25, 0.3) is 5.91 Å². The van der Waals surface area contributed by atoms with E-state index in [0.29, 0.717) is 16.1 Å². The zero-order chi connectivity index (χ0) is 22.2. The second kappa shape index (κ2) is 8.20. The van der Waals surface area contributed by atoms with Crippen molar-refractivity contribution in [2.75, 3.05) is 6.54 Å². The Morgan fingerprint density at radius 2 is 1.97 bits per heavy atom. The molecular weight excluding hydrogens is 439 g/mol. The largest absolute Gasteiger partial charge is 0.573 e. The SMILES string of the molecule is O=C(c1cccc(Cl)c1)N1C[C@H](O)C[C@H]1c1nc(-c2ccc(OC(F)(F)F)cc2)no1. The van der Waals surface area contributed by atoms with Crippen molar-refractivity contribution in [2.45, 2.75) is 24.9 Å². The minimum absolute atomic E-state index is 0.0806. The van der Waals surface area contributed by atoms with Crippen LogP contribution in [0.5, 0.6) is 5.75 Å². The fourth-order valence-corrected chi connectivity index (χ4v) is 3.54. The van der Waals surface area contributed by atoms with Crippen molar-refractivity contribution < 1.29 is 32.3 Å². The molecule has 1 N–H and O–H groups in total. The number of aliphatic hydroxyl groups excluding tert-OH is 1. The summed E-state index contributed by atoms with van der Waals surface area (Å²) < 4.78 is 46.0. The van der Waals surface area contributed by atoms with Gasteiger partial charge in [-0.3, -0.25) is 4.79 Å². The fraction of sp³-hybridized carbons (Fsp3) is 0.250. The van der Waals surface area contributed by atoms with E-state index < -0.39 is 18.5 Å². The van der Waals surface area contributed by atoms with E-state index in [1.165, 1.54) is 23.1 Å². The van der Waals surface area contributed by atoms with Crippen LogP contribution in [-0.2, 0) is 0 Å². The maximum absolute atomic E-state index is 12.9. The molecule has 4 rings (SSSR count). The Morgan fingerprint density at radius 3 is 2.65 bits per heavy atom. The summed E-state index contributed by atoms with van der Waals surface area (Å²) in [6, 6.07) is 10.7. The Kier molecular flexibility index (Phi) is 5.59. The summed E-state index contributed by atoms with van der Waals surface area (Å²) in [5.74, 6) is -0.489. The molecule has 1 aliphatic rings. The van der Waals surface area contributed by atoms with Gasteiger partial charge in [0.2, 0.25) is 11.7 Å². The number of carbonyl (C=O) groups excluding carboxylic acids is 1. The number of aliphatic hydroxyl groups is 1. The van der Waals surface area contributed by atoms with E-state index in [-0.39, 0.29) is 36.3 Å². The summed E-state index contributed by atoms with van der Waals surface area (Å²) in [4.78, 5) is 18.6. The van der Waals surface area contributed by atoms with Crippen LogP contribution in [0.2, 0.25) is 5.02 Å². The van der Waals surface area contributed by atoms with Crippen LogP contribution in [0.25, 0.3) is 11.4 Å². The molecule has 0 unspecified atom stereocenters. The van der Waals surface area contributed by atoms with E-state index >= 15 is 0 Å². The highest BCUT2D eigenvalue weighted by molar-refractivity contribution is 6.30. The van der Waals surface area contributed by atoms with Crippen molar-refractivity contribution in [1.29, 1.82) is 0 Å². The third-order valence-corrected chi connectivity index (χ3v) is 4.92. The molecule has 0 saturated carbocycles. The van der Waals surface area contributed by atoms with Gasteiger partial charge in [0.15, 0.2) is 0 Å². The second-order valence-electron chi connectivity index (χ2n) is 6.90. The lowest BCUT2D eigenvalue weighted by Gasteiger charge is -2.21. The van der Waals surface area contributed by atoms with Gasteiger partial charge in [0.1, 0.15) is 11.8 Å². The Bertz CT molecular complexity index is 1090. The number of rotatable bonds is 4. The van der Waals surface area contributed by atoms with E-state index in [1.54, 1.807) is 18.2 Å². The standard InChI is InChI=1S/C20H15ClF3N3O4/c21-13-3-1-2-12(8-13)19(29)27-10-14(28)9-16(27)18-25-17(26-31-18)11-4-6-15(7-5-11)30-20(22,23)24/h1-8,14,16,28H,9-10H2/t14-,16+/m1/s1. The maximum Gasteiger partial charge on any atom is 0.573 e. The smallest absolute Gasteiger partial charge is 0.406 e. The van der Waals surface area contributed by atoms with Crippen LogP contribution in [-0.4, -0.2) is 45.1 Å². The molecule has 1 saturated heterocycles. The molecule has 1 amide bonds. The molecule has 1 aliphatic heterocycles. The van der Waals surface area contributed by atoms with E-state index in [9.17, 15) is 23.1 Å². The van der Waals surface area contributed by atoms with Crippen molar-refractivity contribution in [1.82, 2.24) is 15.0 Å². The second-order valence-corrected chi connectivity index (χ2v) is 7.34. The van der Waals surface area contributed by atoms with Crippen LogP contribution < -0.4 is 4.74 Å². The predicted molar refractivity (Wildman–Crippen MR) is 102 cm³/mol. The average molecular weight is 454 g/mol. The number of amides is 1. The summed E-state index contributed by atoms with van der Waals surface area (Å²) >= 11 is 5.96. The Hall–Kier alpha value is -3.11. The minimum Gasteiger partial charge on any atom is -0.406 e. The van der Waals surface area contributed by atoms with E-state index in [0.717, 1.165) is 12.1 Å². The molecule has 1 aromatic heterocycles. The van der Waals surface area contributed by atoms with Crippen molar-refractivity contribution in [2.24, 2.45) is 0 Å². The number of hydrogen-bond acceptors (Lipinski definition) is 6. The molecule has 0 bridgehead atoms. The van der Waals surface area contributed by atoms with Gasteiger partial charge < -0.3 is 19.3 Å². The number of nitrogens with zero attached hydrogens (tertiary/aromatic N) is 3.